The van der Waals surface area contributed by atoms with E-state index < -0.39 is 0 Å². The van der Waals surface area contributed by atoms with Crippen LogP contribution in [0.15, 0.2) is 34.9 Å². The molecule has 2 heterocycles. The lowest BCUT2D eigenvalue weighted by Gasteiger charge is -2.14. The number of ether oxygens (including phenoxy) is 3. The molecule has 4 aromatic rings. The van der Waals surface area contributed by atoms with Crippen LogP contribution in [0, 0.1) is 18.8 Å². The molecule has 1 fully saturated rings. The van der Waals surface area contributed by atoms with Crippen LogP contribution in [0.1, 0.15) is 18.9 Å². The number of anilines is 4. The van der Waals surface area contributed by atoms with Crippen molar-refractivity contribution < 1.29 is 23.5 Å². The summed E-state index contributed by atoms with van der Waals surface area (Å²) in [5.74, 6) is 2.91. The maximum atomic E-state index is 12.4. The minimum Gasteiger partial charge on any atom is -0.493 e. The van der Waals surface area contributed by atoms with E-state index in [0.717, 1.165) is 17.5 Å². The molecule has 11 nitrogen and oxygen atoms in total. The average molecular weight is 537 g/mol. The van der Waals surface area contributed by atoms with Crippen molar-refractivity contribution in [2.45, 2.75) is 20.3 Å². The molecule has 38 heavy (non-hydrogen) atoms. The summed E-state index contributed by atoms with van der Waals surface area (Å²) >= 11 is 1.27. The number of aromatic nitrogens is 3. The van der Waals surface area contributed by atoms with E-state index in [0.29, 0.717) is 50.4 Å². The first-order valence-electron chi connectivity index (χ1n) is 11.9. The first-order valence-corrected chi connectivity index (χ1v) is 12.7. The van der Waals surface area contributed by atoms with Crippen molar-refractivity contribution in [3.63, 3.8) is 0 Å². The van der Waals surface area contributed by atoms with E-state index in [2.05, 4.69) is 32.7 Å². The highest BCUT2D eigenvalue weighted by Gasteiger charge is 2.39. The van der Waals surface area contributed by atoms with Crippen molar-refractivity contribution in [1.29, 1.82) is 0 Å². The number of thiazole rings is 1. The van der Waals surface area contributed by atoms with Gasteiger partial charge in [0.15, 0.2) is 16.6 Å². The first-order chi connectivity index (χ1) is 18.3. The Balaban J connectivity index is 1.38. The number of carbonyl (C=O) groups excluding carboxylic acids is 1. The molecule has 4 N–H and O–H groups in total. The van der Waals surface area contributed by atoms with Gasteiger partial charge in [0.2, 0.25) is 17.5 Å². The molecule has 0 bridgehead atoms. The third-order valence-corrected chi connectivity index (χ3v) is 7.36. The van der Waals surface area contributed by atoms with Gasteiger partial charge in [0, 0.05) is 35.0 Å². The maximum Gasteiger partial charge on any atom is 0.272 e. The maximum absolute atomic E-state index is 12.4. The number of aryl methyl sites for hydroxylation is 1. The molecule has 2 aromatic heterocycles. The summed E-state index contributed by atoms with van der Waals surface area (Å²) in [7, 11) is 4.64. The summed E-state index contributed by atoms with van der Waals surface area (Å²) in [4.78, 5) is 21.9. The molecular weight excluding hydrogens is 508 g/mol. The lowest BCUT2D eigenvalue weighted by molar-refractivity contribution is -0.117. The SMILES string of the molecule is COc1cc(Nc2nc(N)c(-c3nc(-c4cc(NC(=O)C5CC5C)ccc4C)no3)s2)cc(OC)c1OC. The second kappa shape index (κ2) is 10.2. The number of nitrogens with zero attached hydrogens (tertiary/aromatic N) is 3. The zero-order valence-corrected chi connectivity index (χ0v) is 22.4. The van der Waals surface area contributed by atoms with Crippen LogP contribution in [-0.2, 0) is 4.79 Å². The molecule has 1 saturated carbocycles. The van der Waals surface area contributed by atoms with Gasteiger partial charge < -0.3 is 35.1 Å². The monoisotopic (exact) mass is 536 g/mol. The predicted octanol–water partition coefficient (Wildman–Crippen LogP) is 5.11. The van der Waals surface area contributed by atoms with Crippen molar-refractivity contribution in [2.75, 3.05) is 37.7 Å². The van der Waals surface area contributed by atoms with Crippen LogP contribution in [0.25, 0.3) is 22.2 Å². The fraction of sp³-hybridized carbons (Fsp3) is 0.308. The minimum atomic E-state index is 0.0330. The van der Waals surface area contributed by atoms with Crippen molar-refractivity contribution in [1.82, 2.24) is 15.1 Å². The number of hydrogen-bond acceptors (Lipinski definition) is 11. The molecule has 0 aliphatic heterocycles. The summed E-state index contributed by atoms with van der Waals surface area (Å²) in [5.41, 5.74) is 9.25. The number of nitrogens with two attached hydrogens (primary N) is 1. The number of methoxy groups -OCH3 is 3. The number of nitrogens with one attached hydrogen (secondary N) is 2. The van der Waals surface area contributed by atoms with Crippen LogP contribution in [0.5, 0.6) is 17.2 Å². The Bertz CT molecular complexity index is 1470. The van der Waals surface area contributed by atoms with Gasteiger partial charge in [-0.15, -0.1) is 0 Å². The number of rotatable bonds is 9. The van der Waals surface area contributed by atoms with Gasteiger partial charge in [-0.25, -0.2) is 4.98 Å². The first kappa shape index (κ1) is 25.3. The predicted molar refractivity (Wildman–Crippen MR) is 145 cm³/mol. The van der Waals surface area contributed by atoms with E-state index in [9.17, 15) is 4.79 Å². The van der Waals surface area contributed by atoms with Gasteiger partial charge in [-0.3, -0.25) is 4.79 Å². The van der Waals surface area contributed by atoms with Gasteiger partial charge >= 0.3 is 0 Å². The Labute approximate surface area is 223 Å². The van der Waals surface area contributed by atoms with E-state index in [4.69, 9.17) is 24.5 Å². The average Bonchev–Trinajstić information content (AvgIpc) is 3.28. The van der Waals surface area contributed by atoms with E-state index in [1.165, 1.54) is 11.3 Å². The van der Waals surface area contributed by atoms with Crippen molar-refractivity contribution in [3.8, 4) is 39.4 Å². The number of amides is 1. The highest BCUT2D eigenvalue weighted by molar-refractivity contribution is 7.19. The Kier molecular flexibility index (Phi) is 6.81. The van der Waals surface area contributed by atoms with Crippen LogP contribution in [-0.4, -0.2) is 42.4 Å². The van der Waals surface area contributed by atoms with Gasteiger partial charge in [0.1, 0.15) is 10.7 Å². The normalized spacial score (nSPS) is 16.1. The number of benzene rings is 2. The molecule has 198 valence electrons. The van der Waals surface area contributed by atoms with Gasteiger partial charge in [-0.2, -0.15) is 4.98 Å². The van der Waals surface area contributed by atoms with E-state index in [-0.39, 0.29) is 23.5 Å². The summed E-state index contributed by atoms with van der Waals surface area (Å²) in [6.07, 6.45) is 0.922. The molecule has 2 aromatic carbocycles. The van der Waals surface area contributed by atoms with Crippen molar-refractivity contribution >= 4 is 39.6 Å². The highest BCUT2D eigenvalue weighted by Crippen LogP contribution is 2.42. The van der Waals surface area contributed by atoms with Gasteiger partial charge in [0.05, 0.1) is 21.3 Å². The lowest BCUT2D eigenvalue weighted by Crippen LogP contribution is -2.14. The third-order valence-electron chi connectivity index (χ3n) is 6.38. The van der Waals surface area contributed by atoms with Crippen molar-refractivity contribution in [3.05, 3.63) is 35.9 Å². The summed E-state index contributed by atoms with van der Waals surface area (Å²) in [6, 6.07) is 9.16. The molecule has 2 unspecified atom stereocenters. The fourth-order valence-electron chi connectivity index (χ4n) is 4.10. The fourth-order valence-corrected chi connectivity index (χ4v) is 4.93. The number of carbonyl (C=O) groups is 1. The van der Waals surface area contributed by atoms with Crippen LogP contribution in [0.2, 0.25) is 0 Å². The Morgan fingerprint density at radius 1 is 1.08 bits per heavy atom. The van der Waals surface area contributed by atoms with Crippen LogP contribution < -0.4 is 30.6 Å². The minimum absolute atomic E-state index is 0.0330. The molecule has 1 amide bonds. The van der Waals surface area contributed by atoms with E-state index in [1.54, 1.807) is 33.5 Å². The molecule has 12 heteroatoms. The summed E-state index contributed by atoms with van der Waals surface area (Å²) in [5, 5.41) is 10.9. The summed E-state index contributed by atoms with van der Waals surface area (Å²) in [6.45, 7) is 4.02. The molecule has 1 aliphatic rings. The van der Waals surface area contributed by atoms with Gasteiger partial charge in [-0.1, -0.05) is 29.5 Å². The van der Waals surface area contributed by atoms with Gasteiger partial charge in [-0.05, 0) is 37.0 Å². The molecule has 0 radical (unpaired) electrons. The Hall–Kier alpha value is -4.32. The van der Waals surface area contributed by atoms with Crippen LogP contribution in [0.4, 0.5) is 22.3 Å². The van der Waals surface area contributed by atoms with E-state index >= 15 is 0 Å². The van der Waals surface area contributed by atoms with Gasteiger partial charge in [0.25, 0.3) is 5.89 Å². The lowest BCUT2D eigenvalue weighted by atomic mass is 10.1. The molecule has 5 rings (SSSR count). The largest absolute Gasteiger partial charge is 0.493 e. The smallest absolute Gasteiger partial charge is 0.272 e. The molecule has 0 saturated heterocycles. The summed E-state index contributed by atoms with van der Waals surface area (Å²) < 4.78 is 21.8. The number of nitrogen functional groups attached to an aromatic ring is 1. The Morgan fingerprint density at radius 2 is 1.79 bits per heavy atom. The Morgan fingerprint density at radius 3 is 2.42 bits per heavy atom. The van der Waals surface area contributed by atoms with E-state index in [1.807, 2.05) is 25.1 Å². The molecular formula is C26H28N6O5S. The second-order valence-electron chi connectivity index (χ2n) is 9.03. The van der Waals surface area contributed by atoms with Crippen molar-refractivity contribution in [2.24, 2.45) is 11.8 Å². The number of hydrogen-bond donors (Lipinski definition) is 3. The quantitative estimate of drug-likeness (QED) is 0.263. The third kappa shape index (κ3) is 4.94. The highest BCUT2D eigenvalue weighted by atomic mass is 32.1. The molecule has 2 atom stereocenters. The van der Waals surface area contributed by atoms with Crippen LogP contribution in [0.3, 0.4) is 0 Å². The zero-order valence-electron chi connectivity index (χ0n) is 21.6. The zero-order chi connectivity index (χ0) is 27.0. The standard InChI is InChI=1S/C26H28N6O5S/c1-12-6-7-14(28-24(33)17-8-13(17)2)9-16(12)23-31-25(37-32-23)21-22(27)30-26(38-21)29-15-10-18(34-3)20(36-5)19(11-15)35-4/h6-7,9-11,13,17H,8,27H2,1-5H3,(H,28,33)(H,29,30). The topological polar surface area (TPSA) is 147 Å². The molecule has 0 spiro atoms. The van der Waals surface area contributed by atoms with Crippen LogP contribution >= 0.6 is 11.3 Å². The second-order valence-corrected chi connectivity index (χ2v) is 10.0. The molecule has 1 aliphatic carbocycles.